The zero-order chi connectivity index (χ0) is 15.2. The first-order valence-electron chi connectivity index (χ1n) is 6.59. The lowest BCUT2D eigenvalue weighted by atomic mass is 10.1. The molecular weight excluding hydrogens is 264 g/mol. The number of carbonyl (C=O) groups excluding carboxylic acids is 1. The van der Waals surface area contributed by atoms with Crippen LogP contribution in [0.2, 0.25) is 0 Å². The van der Waals surface area contributed by atoms with E-state index >= 15 is 0 Å². The van der Waals surface area contributed by atoms with E-state index in [-0.39, 0.29) is 5.91 Å². The summed E-state index contributed by atoms with van der Waals surface area (Å²) in [6.07, 6.45) is 0. The van der Waals surface area contributed by atoms with Crippen LogP contribution in [-0.2, 0) is 0 Å². The summed E-state index contributed by atoms with van der Waals surface area (Å²) in [5.74, 6) is -0.159. The number of nitriles is 1. The lowest BCUT2D eigenvalue weighted by Gasteiger charge is -2.12. The van der Waals surface area contributed by atoms with Gasteiger partial charge < -0.3 is 16.4 Å². The summed E-state index contributed by atoms with van der Waals surface area (Å²) in [5.41, 5.74) is 8.87. The lowest BCUT2D eigenvalue weighted by molar-refractivity contribution is 0.0956. The van der Waals surface area contributed by atoms with Crippen LogP contribution in [0.25, 0.3) is 0 Å². The second-order valence-corrected chi connectivity index (χ2v) is 4.48. The van der Waals surface area contributed by atoms with Crippen LogP contribution in [0.15, 0.2) is 42.5 Å². The molecule has 21 heavy (non-hydrogen) atoms. The quantitative estimate of drug-likeness (QED) is 0.751. The first-order valence-corrected chi connectivity index (χ1v) is 6.59. The van der Waals surface area contributed by atoms with Gasteiger partial charge in [0.05, 0.1) is 22.9 Å². The molecule has 0 unspecified atom stereocenters. The zero-order valence-electron chi connectivity index (χ0n) is 11.7. The molecule has 0 aliphatic carbocycles. The van der Waals surface area contributed by atoms with Crippen molar-refractivity contribution in [2.45, 2.75) is 6.92 Å². The average Bonchev–Trinajstić information content (AvgIpc) is 2.48. The van der Waals surface area contributed by atoms with Gasteiger partial charge in [0, 0.05) is 17.9 Å². The first-order chi connectivity index (χ1) is 10.1. The third-order valence-electron chi connectivity index (χ3n) is 2.92. The Morgan fingerprint density at radius 2 is 1.95 bits per heavy atom. The molecule has 2 aromatic carbocycles. The van der Waals surface area contributed by atoms with E-state index in [1.807, 2.05) is 6.92 Å². The zero-order valence-corrected chi connectivity index (χ0v) is 11.7. The molecule has 0 atom stereocenters. The number of anilines is 3. The lowest BCUT2D eigenvalue weighted by Crippen LogP contribution is -2.23. The average molecular weight is 280 g/mol. The molecular formula is C16H16N4O. The minimum Gasteiger partial charge on any atom is -0.399 e. The molecule has 106 valence electrons. The van der Waals surface area contributed by atoms with Crippen molar-refractivity contribution in [2.24, 2.45) is 0 Å². The van der Waals surface area contributed by atoms with Crippen LogP contribution in [-0.4, -0.2) is 12.5 Å². The molecule has 0 saturated carbocycles. The van der Waals surface area contributed by atoms with Gasteiger partial charge in [-0.15, -0.1) is 0 Å². The third kappa shape index (κ3) is 3.51. The van der Waals surface area contributed by atoms with Gasteiger partial charge in [0.2, 0.25) is 0 Å². The van der Waals surface area contributed by atoms with E-state index in [2.05, 4.69) is 16.7 Å². The fourth-order valence-electron chi connectivity index (χ4n) is 1.90. The highest BCUT2D eigenvalue weighted by molar-refractivity contribution is 6.00. The highest BCUT2D eigenvalue weighted by Crippen LogP contribution is 2.24. The number of rotatable bonds is 4. The predicted molar refractivity (Wildman–Crippen MR) is 83.3 cm³/mol. The smallest absolute Gasteiger partial charge is 0.253 e. The fraction of sp³-hybridized carbons (Fsp3) is 0.125. The van der Waals surface area contributed by atoms with Crippen molar-refractivity contribution in [1.82, 2.24) is 5.32 Å². The van der Waals surface area contributed by atoms with Gasteiger partial charge in [-0.2, -0.15) is 5.26 Å². The van der Waals surface area contributed by atoms with E-state index in [1.165, 1.54) is 0 Å². The molecule has 0 aromatic heterocycles. The Hall–Kier alpha value is -3.00. The van der Waals surface area contributed by atoms with Crippen molar-refractivity contribution < 1.29 is 4.79 Å². The van der Waals surface area contributed by atoms with E-state index in [4.69, 9.17) is 11.0 Å². The van der Waals surface area contributed by atoms with Crippen molar-refractivity contribution in [2.75, 3.05) is 17.6 Å². The predicted octanol–water partition coefficient (Wildman–Crippen LogP) is 2.63. The second kappa shape index (κ2) is 6.44. The van der Waals surface area contributed by atoms with Crippen LogP contribution in [0.3, 0.4) is 0 Å². The molecule has 0 bridgehead atoms. The monoisotopic (exact) mass is 280 g/mol. The Kier molecular flexibility index (Phi) is 4.42. The minimum atomic E-state index is -0.159. The van der Waals surface area contributed by atoms with Crippen LogP contribution in [0.1, 0.15) is 22.8 Å². The van der Waals surface area contributed by atoms with Gasteiger partial charge >= 0.3 is 0 Å². The number of nitrogens with zero attached hydrogens (tertiary/aromatic N) is 1. The van der Waals surface area contributed by atoms with Crippen LogP contribution in [0.5, 0.6) is 0 Å². The van der Waals surface area contributed by atoms with E-state index in [9.17, 15) is 4.79 Å². The van der Waals surface area contributed by atoms with Crippen molar-refractivity contribution in [3.63, 3.8) is 0 Å². The van der Waals surface area contributed by atoms with Gasteiger partial charge in [0.25, 0.3) is 5.91 Å². The number of nitrogens with one attached hydrogen (secondary N) is 2. The normalized spacial score (nSPS) is 9.71. The molecule has 0 radical (unpaired) electrons. The van der Waals surface area contributed by atoms with Crippen LogP contribution >= 0.6 is 0 Å². The number of nitrogen functional groups attached to an aromatic ring is 1. The Morgan fingerprint density at radius 1 is 1.24 bits per heavy atom. The van der Waals surface area contributed by atoms with Gasteiger partial charge in [0.15, 0.2) is 0 Å². The standard InChI is InChI=1S/C16H16N4O/c1-2-19-16(21)14-8-5-12(18)9-15(14)20-13-6-3-11(10-17)4-7-13/h3-9,20H,2,18H2,1H3,(H,19,21). The molecule has 0 spiro atoms. The summed E-state index contributed by atoms with van der Waals surface area (Å²) in [6.45, 7) is 2.42. The van der Waals surface area contributed by atoms with Gasteiger partial charge in [-0.3, -0.25) is 4.79 Å². The van der Waals surface area contributed by atoms with Crippen LogP contribution in [0, 0.1) is 11.3 Å². The molecule has 1 amide bonds. The number of nitrogens with two attached hydrogens (primary N) is 1. The van der Waals surface area contributed by atoms with E-state index in [0.717, 1.165) is 5.69 Å². The Labute approximate surface area is 123 Å². The summed E-state index contributed by atoms with van der Waals surface area (Å²) >= 11 is 0. The van der Waals surface area contributed by atoms with Gasteiger partial charge in [-0.05, 0) is 49.4 Å². The fourth-order valence-corrected chi connectivity index (χ4v) is 1.90. The maximum Gasteiger partial charge on any atom is 0.253 e. The molecule has 4 N–H and O–H groups in total. The molecule has 0 fully saturated rings. The molecule has 5 nitrogen and oxygen atoms in total. The minimum absolute atomic E-state index is 0.159. The number of hydrogen-bond acceptors (Lipinski definition) is 4. The van der Waals surface area contributed by atoms with Crippen molar-refractivity contribution in [3.05, 3.63) is 53.6 Å². The summed E-state index contributed by atoms with van der Waals surface area (Å²) < 4.78 is 0. The summed E-state index contributed by atoms with van der Waals surface area (Å²) in [7, 11) is 0. The molecule has 0 heterocycles. The Morgan fingerprint density at radius 3 is 2.57 bits per heavy atom. The molecule has 0 aliphatic rings. The molecule has 5 heteroatoms. The second-order valence-electron chi connectivity index (χ2n) is 4.48. The first kappa shape index (κ1) is 14.4. The van der Waals surface area contributed by atoms with Gasteiger partial charge in [0.1, 0.15) is 0 Å². The number of carbonyl (C=O) groups is 1. The molecule has 2 rings (SSSR count). The molecule has 0 aliphatic heterocycles. The molecule has 2 aromatic rings. The van der Waals surface area contributed by atoms with Gasteiger partial charge in [-0.1, -0.05) is 0 Å². The van der Waals surface area contributed by atoms with E-state index in [1.54, 1.807) is 42.5 Å². The number of hydrogen-bond donors (Lipinski definition) is 3. The van der Waals surface area contributed by atoms with E-state index in [0.29, 0.717) is 29.0 Å². The van der Waals surface area contributed by atoms with E-state index < -0.39 is 0 Å². The van der Waals surface area contributed by atoms with Crippen molar-refractivity contribution in [3.8, 4) is 6.07 Å². The Balaban J connectivity index is 2.31. The van der Waals surface area contributed by atoms with Crippen molar-refractivity contribution >= 4 is 23.0 Å². The maximum atomic E-state index is 12.0. The Bertz CT molecular complexity index is 686. The highest BCUT2D eigenvalue weighted by atomic mass is 16.1. The topological polar surface area (TPSA) is 90.9 Å². The van der Waals surface area contributed by atoms with Crippen molar-refractivity contribution in [1.29, 1.82) is 5.26 Å². The maximum absolute atomic E-state index is 12.0. The van der Waals surface area contributed by atoms with Gasteiger partial charge in [-0.25, -0.2) is 0 Å². The summed E-state index contributed by atoms with van der Waals surface area (Å²) in [5, 5.41) is 14.7. The summed E-state index contributed by atoms with van der Waals surface area (Å²) in [6, 6.07) is 14.1. The molecule has 0 saturated heterocycles. The summed E-state index contributed by atoms with van der Waals surface area (Å²) in [4.78, 5) is 12.0. The van der Waals surface area contributed by atoms with Crippen LogP contribution < -0.4 is 16.4 Å². The number of amides is 1. The highest BCUT2D eigenvalue weighted by Gasteiger charge is 2.11. The number of benzene rings is 2. The SMILES string of the molecule is CCNC(=O)c1ccc(N)cc1Nc1ccc(C#N)cc1. The van der Waals surface area contributed by atoms with Crippen LogP contribution in [0.4, 0.5) is 17.1 Å². The largest absolute Gasteiger partial charge is 0.399 e. The third-order valence-corrected chi connectivity index (χ3v) is 2.92.